The Labute approximate surface area is 180 Å². The van der Waals surface area contributed by atoms with Crippen LogP contribution in [0.5, 0.6) is 0 Å². The minimum atomic E-state index is 0.283. The van der Waals surface area contributed by atoms with E-state index >= 15 is 0 Å². The highest BCUT2D eigenvalue weighted by molar-refractivity contribution is 7.13. The molecule has 0 aromatic carbocycles. The number of rotatable bonds is 7. The summed E-state index contributed by atoms with van der Waals surface area (Å²) >= 11 is 1.66. The number of nitrogens with zero attached hydrogens (tertiary/aromatic N) is 5. The molecule has 8 heteroatoms. The first-order chi connectivity index (χ1) is 14.8. The van der Waals surface area contributed by atoms with Crippen molar-refractivity contribution in [2.24, 2.45) is 0 Å². The van der Waals surface area contributed by atoms with E-state index in [2.05, 4.69) is 21.3 Å². The van der Waals surface area contributed by atoms with E-state index in [0.717, 1.165) is 60.2 Å². The predicted octanol–water partition coefficient (Wildman–Crippen LogP) is 4.48. The van der Waals surface area contributed by atoms with E-state index in [1.54, 1.807) is 11.3 Å². The van der Waals surface area contributed by atoms with E-state index in [0.29, 0.717) is 12.5 Å². The van der Waals surface area contributed by atoms with Gasteiger partial charge in [-0.2, -0.15) is 0 Å². The summed E-state index contributed by atoms with van der Waals surface area (Å²) in [6.07, 6.45) is 10.8. The molecule has 158 valence electrons. The molecule has 1 saturated heterocycles. The second-order valence-electron chi connectivity index (χ2n) is 8.25. The maximum atomic E-state index is 11.8. The Morgan fingerprint density at radius 2 is 2.07 bits per heavy atom. The van der Waals surface area contributed by atoms with Gasteiger partial charge in [0.1, 0.15) is 5.52 Å². The molecule has 1 amide bonds. The van der Waals surface area contributed by atoms with Crippen molar-refractivity contribution in [2.75, 3.05) is 25.0 Å². The second-order valence-corrected chi connectivity index (χ2v) is 9.20. The van der Waals surface area contributed by atoms with Crippen LogP contribution in [-0.2, 0) is 4.79 Å². The van der Waals surface area contributed by atoms with Gasteiger partial charge in [-0.25, -0.2) is 15.0 Å². The summed E-state index contributed by atoms with van der Waals surface area (Å²) in [4.78, 5) is 29.3. The molecule has 7 nitrogen and oxygen atoms in total. The number of hydrogen-bond acceptors (Lipinski definition) is 6. The number of likely N-dealkylation sites (tertiary alicyclic amines) is 1. The van der Waals surface area contributed by atoms with Crippen LogP contribution < -0.4 is 5.32 Å². The summed E-state index contributed by atoms with van der Waals surface area (Å²) in [5.74, 6) is 1.84. The summed E-state index contributed by atoms with van der Waals surface area (Å²) in [5.41, 5.74) is 1.77. The van der Waals surface area contributed by atoms with Crippen molar-refractivity contribution in [1.82, 2.24) is 24.4 Å². The highest BCUT2D eigenvalue weighted by Gasteiger charge is 2.22. The van der Waals surface area contributed by atoms with Gasteiger partial charge >= 0.3 is 0 Å². The summed E-state index contributed by atoms with van der Waals surface area (Å²) in [5, 5.41) is 5.54. The smallest absolute Gasteiger partial charge is 0.222 e. The number of aromatic nitrogens is 4. The van der Waals surface area contributed by atoms with Crippen LogP contribution in [0, 0.1) is 0 Å². The van der Waals surface area contributed by atoms with Crippen molar-refractivity contribution in [3.05, 3.63) is 23.8 Å². The highest BCUT2D eigenvalue weighted by Crippen LogP contribution is 2.33. The fourth-order valence-electron chi connectivity index (χ4n) is 4.60. The van der Waals surface area contributed by atoms with Gasteiger partial charge in [0.15, 0.2) is 17.3 Å². The first-order valence-electron chi connectivity index (χ1n) is 11.1. The number of amides is 1. The first-order valence-corrected chi connectivity index (χ1v) is 12.0. The van der Waals surface area contributed by atoms with Crippen molar-refractivity contribution in [3.63, 3.8) is 0 Å². The number of imidazole rings is 1. The third kappa shape index (κ3) is 3.93. The van der Waals surface area contributed by atoms with Gasteiger partial charge in [-0.15, -0.1) is 11.3 Å². The Kier molecular flexibility index (Phi) is 5.66. The topological polar surface area (TPSA) is 75.9 Å². The molecule has 2 fully saturated rings. The van der Waals surface area contributed by atoms with Crippen molar-refractivity contribution in [2.45, 2.75) is 57.4 Å². The fraction of sp³-hybridized carbons (Fsp3) is 0.545. The number of carbonyl (C=O) groups excluding carboxylic acids is 1. The first kappa shape index (κ1) is 19.5. The van der Waals surface area contributed by atoms with E-state index in [1.807, 2.05) is 17.3 Å². The number of thiophene rings is 1. The van der Waals surface area contributed by atoms with Crippen LogP contribution in [0.15, 0.2) is 23.8 Å². The Hall–Kier alpha value is -2.48. The van der Waals surface area contributed by atoms with Gasteiger partial charge in [0.2, 0.25) is 5.91 Å². The molecule has 1 aliphatic heterocycles. The van der Waals surface area contributed by atoms with E-state index in [9.17, 15) is 4.79 Å². The number of hydrogen-bond donors (Lipinski definition) is 1. The van der Waals surface area contributed by atoms with Crippen molar-refractivity contribution in [3.8, 4) is 10.7 Å². The quantitative estimate of drug-likeness (QED) is 0.566. The average Bonchev–Trinajstić information content (AvgIpc) is 3.53. The van der Waals surface area contributed by atoms with E-state index < -0.39 is 0 Å². The third-order valence-corrected chi connectivity index (χ3v) is 7.07. The molecule has 3 aromatic rings. The molecule has 4 heterocycles. The molecule has 5 rings (SSSR count). The fourth-order valence-corrected chi connectivity index (χ4v) is 5.26. The Balaban J connectivity index is 1.39. The molecule has 0 bridgehead atoms. The van der Waals surface area contributed by atoms with Crippen LogP contribution in [-0.4, -0.2) is 50.0 Å². The number of carbonyl (C=O) groups is 1. The lowest BCUT2D eigenvalue weighted by atomic mass is 9.95. The van der Waals surface area contributed by atoms with Gasteiger partial charge in [0.25, 0.3) is 0 Å². The van der Waals surface area contributed by atoms with Crippen molar-refractivity contribution >= 4 is 34.2 Å². The molecule has 1 saturated carbocycles. The monoisotopic (exact) mass is 424 g/mol. The zero-order valence-corrected chi connectivity index (χ0v) is 18.0. The van der Waals surface area contributed by atoms with Crippen molar-refractivity contribution < 1.29 is 4.79 Å². The minimum absolute atomic E-state index is 0.283. The van der Waals surface area contributed by atoms with E-state index in [4.69, 9.17) is 15.0 Å². The van der Waals surface area contributed by atoms with Crippen LogP contribution in [0.3, 0.4) is 0 Å². The molecule has 0 atom stereocenters. The summed E-state index contributed by atoms with van der Waals surface area (Å²) in [7, 11) is 0. The average molecular weight is 425 g/mol. The number of anilines is 1. The van der Waals surface area contributed by atoms with Crippen LogP contribution >= 0.6 is 11.3 Å². The zero-order valence-electron chi connectivity index (χ0n) is 17.2. The molecule has 30 heavy (non-hydrogen) atoms. The summed E-state index contributed by atoms with van der Waals surface area (Å²) in [6, 6.07) is 4.58. The standard InChI is InChI=1S/C22H28N6OS/c29-18-10-4-12-27(18)13-6-11-23-21-19-22(26-20(25-21)17-9-5-14-30-17)28(15-24-19)16-7-2-1-3-8-16/h5,9,14-16H,1-4,6-8,10-13H2,(H,23,25,26). The lowest BCUT2D eigenvalue weighted by molar-refractivity contribution is -0.127. The Bertz CT molecular complexity index is 1010. The predicted molar refractivity (Wildman–Crippen MR) is 120 cm³/mol. The normalized spacial score (nSPS) is 17.9. The lowest BCUT2D eigenvalue weighted by Gasteiger charge is -2.23. The summed E-state index contributed by atoms with van der Waals surface area (Å²) < 4.78 is 2.27. The van der Waals surface area contributed by atoms with Crippen molar-refractivity contribution in [1.29, 1.82) is 0 Å². The van der Waals surface area contributed by atoms with Gasteiger partial charge in [-0.3, -0.25) is 4.79 Å². The zero-order chi connectivity index (χ0) is 20.3. The van der Waals surface area contributed by atoms with Gasteiger partial charge < -0.3 is 14.8 Å². The van der Waals surface area contributed by atoms with Gasteiger partial charge in [0, 0.05) is 32.1 Å². The highest BCUT2D eigenvalue weighted by atomic mass is 32.1. The number of fused-ring (bicyclic) bond motifs is 1. The second kappa shape index (κ2) is 8.71. The summed E-state index contributed by atoms with van der Waals surface area (Å²) in [6.45, 7) is 2.45. The van der Waals surface area contributed by atoms with E-state index in [1.165, 1.54) is 32.1 Å². The number of nitrogens with one attached hydrogen (secondary N) is 1. The van der Waals surface area contributed by atoms with Crippen LogP contribution in [0.4, 0.5) is 5.82 Å². The lowest BCUT2D eigenvalue weighted by Crippen LogP contribution is -2.27. The Morgan fingerprint density at radius 1 is 1.17 bits per heavy atom. The molecule has 1 N–H and O–H groups in total. The van der Waals surface area contributed by atoms with Gasteiger partial charge in [-0.05, 0) is 37.1 Å². The maximum absolute atomic E-state index is 11.8. The molecule has 2 aliphatic rings. The molecule has 0 spiro atoms. The molecule has 0 radical (unpaired) electrons. The third-order valence-electron chi connectivity index (χ3n) is 6.20. The minimum Gasteiger partial charge on any atom is -0.368 e. The van der Waals surface area contributed by atoms with Crippen LogP contribution in [0.25, 0.3) is 21.9 Å². The Morgan fingerprint density at radius 3 is 2.83 bits per heavy atom. The molecule has 1 aliphatic carbocycles. The maximum Gasteiger partial charge on any atom is 0.222 e. The van der Waals surface area contributed by atoms with Crippen LogP contribution in [0.1, 0.15) is 57.4 Å². The van der Waals surface area contributed by atoms with Gasteiger partial charge in [-0.1, -0.05) is 25.3 Å². The largest absolute Gasteiger partial charge is 0.368 e. The SMILES string of the molecule is O=C1CCCN1CCCNc1nc(-c2cccs2)nc2c1ncn2C1CCCCC1. The molecule has 0 unspecified atom stereocenters. The molecular weight excluding hydrogens is 396 g/mol. The van der Waals surface area contributed by atoms with Crippen LogP contribution in [0.2, 0.25) is 0 Å². The molecule has 3 aromatic heterocycles. The van der Waals surface area contributed by atoms with Gasteiger partial charge in [0.05, 0.1) is 11.2 Å². The molecular formula is C22H28N6OS. The van der Waals surface area contributed by atoms with E-state index in [-0.39, 0.29) is 5.91 Å².